The number of benzene rings is 2. The summed E-state index contributed by atoms with van der Waals surface area (Å²) < 4.78 is 2.34. The van der Waals surface area contributed by atoms with Crippen molar-refractivity contribution in [2.75, 3.05) is 5.75 Å². The third-order valence-corrected chi connectivity index (χ3v) is 7.31. The van der Waals surface area contributed by atoms with E-state index in [9.17, 15) is 4.79 Å². The summed E-state index contributed by atoms with van der Waals surface area (Å²) in [5.41, 5.74) is 1.27. The number of fused-ring (bicyclic) bond motifs is 1. The highest BCUT2D eigenvalue weighted by molar-refractivity contribution is 7.99. The highest BCUT2D eigenvalue weighted by Crippen LogP contribution is 2.33. The molecule has 1 amide bonds. The predicted octanol–water partition coefficient (Wildman–Crippen LogP) is 5.92. The second-order valence-electron chi connectivity index (χ2n) is 8.92. The van der Waals surface area contributed by atoms with E-state index < -0.39 is 0 Å². The molecule has 1 N–H and O–H groups in total. The fourth-order valence-corrected chi connectivity index (χ4v) is 5.64. The average Bonchev–Trinajstić information content (AvgIpc) is 3.21. The molecule has 0 radical (unpaired) electrons. The van der Waals surface area contributed by atoms with Gasteiger partial charge in [-0.25, -0.2) is 0 Å². The lowest BCUT2D eigenvalue weighted by molar-refractivity contribution is -0.119. The van der Waals surface area contributed by atoms with Crippen molar-refractivity contribution < 1.29 is 4.79 Å². The summed E-state index contributed by atoms with van der Waals surface area (Å²) in [6, 6.07) is 15.6. The Labute approximate surface area is 195 Å². The smallest absolute Gasteiger partial charge is 0.230 e. The fraction of sp³-hybridized carbons (Fsp3) is 0.500. The van der Waals surface area contributed by atoms with Gasteiger partial charge in [-0.2, -0.15) is 0 Å². The van der Waals surface area contributed by atoms with E-state index in [1.54, 1.807) is 0 Å². The van der Waals surface area contributed by atoms with E-state index in [1.807, 2.05) is 0 Å². The third-order valence-electron chi connectivity index (χ3n) is 6.36. The van der Waals surface area contributed by atoms with E-state index in [-0.39, 0.29) is 11.9 Å². The van der Waals surface area contributed by atoms with Crippen molar-refractivity contribution in [2.24, 2.45) is 0 Å². The van der Waals surface area contributed by atoms with Crippen LogP contribution >= 0.6 is 11.8 Å². The van der Waals surface area contributed by atoms with Crippen molar-refractivity contribution in [2.45, 2.75) is 82.5 Å². The number of rotatable bonds is 9. The topological polar surface area (TPSA) is 59.8 Å². The first-order chi connectivity index (χ1) is 15.7. The number of nitrogens with one attached hydrogen (secondary N) is 1. The van der Waals surface area contributed by atoms with Crippen molar-refractivity contribution in [3.8, 4) is 0 Å². The average molecular weight is 451 g/mol. The van der Waals surface area contributed by atoms with E-state index >= 15 is 0 Å². The lowest BCUT2D eigenvalue weighted by Gasteiger charge is -2.25. The van der Waals surface area contributed by atoms with Gasteiger partial charge in [-0.3, -0.25) is 4.79 Å². The van der Waals surface area contributed by atoms with Crippen LogP contribution in [0.3, 0.4) is 0 Å². The first kappa shape index (κ1) is 22.8. The van der Waals surface area contributed by atoms with Gasteiger partial charge < -0.3 is 9.88 Å². The Balaban J connectivity index is 1.56. The molecular formula is C26H34N4OS. The molecule has 1 aromatic heterocycles. The Morgan fingerprint density at radius 3 is 2.72 bits per heavy atom. The maximum absolute atomic E-state index is 12.4. The van der Waals surface area contributed by atoms with Gasteiger partial charge in [0.1, 0.15) is 5.82 Å². The van der Waals surface area contributed by atoms with Crippen LogP contribution in [0, 0.1) is 0 Å². The Kier molecular flexibility index (Phi) is 7.85. The van der Waals surface area contributed by atoms with Gasteiger partial charge in [0.25, 0.3) is 0 Å². The molecule has 5 nitrogen and oxygen atoms in total. The zero-order valence-corrected chi connectivity index (χ0v) is 20.0. The van der Waals surface area contributed by atoms with Crippen LogP contribution in [-0.4, -0.2) is 32.5 Å². The van der Waals surface area contributed by atoms with Crippen LogP contribution in [0.15, 0.2) is 47.6 Å². The highest BCUT2D eigenvalue weighted by Gasteiger charge is 2.24. The van der Waals surface area contributed by atoms with Crippen molar-refractivity contribution in [1.29, 1.82) is 0 Å². The first-order valence-electron chi connectivity index (χ1n) is 12.0. The molecule has 6 heteroatoms. The van der Waals surface area contributed by atoms with Gasteiger partial charge in [0.05, 0.1) is 5.75 Å². The summed E-state index contributed by atoms with van der Waals surface area (Å²) in [5, 5.41) is 15.7. The molecule has 4 rings (SSSR count). The van der Waals surface area contributed by atoms with Crippen LogP contribution in [0.25, 0.3) is 10.8 Å². The summed E-state index contributed by atoms with van der Waals surface area (Å²) in [6.45, 7) is 4.21. The van der Waals surface area contributed by atoms with E-state index in [0.29, 0.717) is 11.8 Å². The first-order valence-corrected chi connectivity index (χ1v) is 13.0. The van der Waals surface area contributed by atoms with Gasteiger partial charge in [0.2, 0.25) is 5.91 Å². The minimum absolute atomic E-state index is 0.0738. The Morgan fingerprint density at radius 1 is 1.12 bits per heavy atom. The standard InChI is InChI=1S/C26H34N4OS/c1-3-10-19(2)27-25(31)18-32-26-29-28-24(30(26)22-14-5-4-6-15-22)17-21-13-9-12-20-11-7-8-16-23(20)21/h7-9,11-13,16,19,22H,3-6,10,14-15,17-18H2,1-2H3,(H,27,31). The number of hydrogen-bond donors (Lipinski definition) is 1. The number of amides is 1. The Morgan fingerprint density at radius 2 is 1.91 bits per heavy atom. The van der Waals surface area contributed by atoms with Gasteiger partial charge in [-0.05, 0) is 42.5 Å². The summed E-state index contributed by atoms with van der Waals surface area (Å²) in [6.07, 6.45) is 8.95. The van der Waals surface area contributed by atoms with Gasteiger partial charge >= 0.3 is 0 Å². The van der Waals surface area contributed by atoms with Crippen molar-refractivity contribution in [3.63, 3.8) is 0 Å². The van der Waals surface area contributed by atoms with Crippen LogP contribution in [0.1, 0.15) is 76.2 Å². The van der Waals surface area contributed by atoms with Crippen LogP contribution < -0.4 is 5.32 Å². The minimum atomic E-state index is 0.0738. The number of thioether (sulfide) groups is 1. The second kappa shape index (κ2) is 11.0. The SMILES string of the molecule is CCCC(C)NC(=O)CSc1nnc(Cc2cccc3ccccc23)n1C1CCCCC1. The maximum Gasteiger partial charge on any atom is 0.230 e. The molecule has 1 aliphatic rings. The number of carbonyl (C=O) groups excluding carboxylic acids is 1. The molecule has 1 fully saturated rings. The summed E-state index contributed by atoms with van der Waals surface area (Å²) in [4.78, 5) is 12.4. The maximum atomic E-state index is 12.4. The molecule has 3 aromatic rings. The Hall–Kier alpha value is -2.34. The zero-order valence-electron chi connectivity index (χ0n) is 19.2. The molecule has 170 valence electrons. The van der Waals surface area contributed by atoms with Crippen LogP contribution in [0.4, 0.5) is 0 Å². The number of hydrogen-bond acceptors (Lipinski definition) is 4. The zero-order chi connectivity index (χ0) is 22.3. The molecule has 32 heavy (non-hydrogen) atoms. The lowest BCUT2D eigenvalue weighted by Crippen LogP contribution is -2.33. The summed E-state index contributed by atoms with van der Waals surface area (Å²) in [7, 11) is 0. The van der Waals surface area contributed by atoms with Gasteiger partial charge in [0.15, 0.2) is 5.16 Å². The van der Waals surface area contributed by atoms with Crippen molar-refractivity contribution in [3.05, 3.63) is 53.9 Å². The molecule has 0 bridgehead atoms. The number of carbonyl (C=O) groups is 1. The molecule has 0 aliphatic heterocycles. The quantitative estimate of drug-likeness (QED) is 0.411. The third kappa shape index (κ3) is 5.52. The summed E-state index contributed by atoms with van der Waals surface area (Å²) >= 11 is 1.52. The van der Waals surface area contributed by atoms with Gasteiger partial charge in [-0.1, -0.05) is 86.8 Å². The molecule has 0 saturated heterocycles. The number of nitrogens with zero attached hydrogens (tertiary/aromatic N) is 3. The van der Waals surface area contributed by atoms with Crippen molar-refractivity contribution >= 4 is 28.4 Å². The second-order valence-corrected chi connectivity index (χ2v) is 9.86. The molecule has 1 heterocycles. The summed E-state index contributed by atoms with van der Waals surface area (Å²) in [5.74, 6) is 1.47. The highest BCUT2D eigenvalue weighted by atomic mass is 32.2. The van der Waals surface area contributed by atoms with E-state index in [2.05, 4.69) is 76.4 Å². The normalized spacial score (nSPS) is 15.7. The lowest BCUT2D eigenvalue weighted by atomic mass is 9.95. The van der Waals surface area contributed by atoms with Crippen LogP contribution in [0.5, 0.6) is 0 Å². The molecule has 1 aliphatic carbocycles. The fourth-order valence-electron chi connectivity index (χ4n) is 4.80. The largest absolute Gasteiger partial charge is 0.353 e. The van der Waals surface area contributed by atoms with Gasteiger partial charge in [-0.15, -0.1) is 10.2 Å². The molecule has 0 spiro atoms. The van der Waals surface area contributed by atoms with E-state index in [4.69, 9.17) is 0 Å². The Bertz CT molecular complexity index is 1040. The number of aromatic nitrogens is 3. The molecule has 1 unspecified atom stereocenters. The molecule has 2 aromatic carbocycles. The minimum Gasteiger partial charge on any atom is -0.353 e. The molecule has 1 saturated carbocycles. The van der Waals surface area contributed by atoms with E-state index in [1.165, 1.54) is 47.4 Å². The predicted molar refractivity (Wildman–Crippen MR) is 132 cm³/mol. The van der Waals surface area contributed by atoms with Crippen LogP contribution in [-0.2, 0) is 11.2 Å². The molecule has 1 atom stereocenters. The van der Waals surface area contributed by atoms with Crippen molar-refractivity contribution in [1.82, 2.24) is 20.1 Å². The monoisotopic (exact) mass is 450 g/mol. The molecular weight excluding hydrogens is 416 g/mol. The van der Waals surface area contributed by atoms with Crippen LogP contribution in [0.2, 0.25) is 0 Å². The van der Waals surface area contributed by atoms with Gasteiger partial charge in [0, 0.05) is 18.5 Å². The van der Waals surface area contributed by atoms with E-state index in [0.717, 1.165) is 43.1 Å².